The van der Waals surface area contributed by atoms with Crippen LogP contribution in [0.4, 0.5) is 4.79 Å². The Morgan fingerprint density at radius 3 is 2.58 bits per heavy atom. The molecule has 1 atom stereocenters. The van der Waals surface area contributed by atoms with E-state index >= 15 is 0 Å². The molecule has 0 bridgehead atoms. The SMILES string of the molecule is N#CC(=Cc1cccc(CCNC(=O)N[C@@H](CB(O)O)c2ccccc2)c1)c1ccccn1. The Kier molecular flexibility index (Phi) is 8.77. The van der Waals surface area contributed by atoms with Crippen molar-refractivity contribution in [1.82, 2.24) is 15.6 Å². The smallest absolute Gasteiger partial charge is 0.427 e. The number of pyridine rings is 1. The van der Waals surface area contributed by atoms with E-state index in [1.807, 2.05) is 60.7 Å². The summed E-state index contributed by atoms with van der Waals surface area (Å²) in [4.78, 5) is 16.6. The van der Waals surface area contributed by atoms with E-state index in [0.717, 1.165) is 16.7 Å². The number of benzene rings is 2. The molecule has 33 heavy (non-hydrogen) atoms. The molecule has 1 aromatic heterocycles. The molecule has 3 rings (SSSR count). The largest absolute Gasteiger partial charge is 0.453 e. The lowest BCUT2D eigenvalue weighted by Crippen LogP contribution is -2.40. The standard InChI is InChI=1S/C25H25BN4O3/c27-18-22(23-11-4-5-13-28-23)16-20-8-6-7-19(15-20)12-14-29-25(31)30-24(17-26(32)33)21-9-2-1-3-10-21/h1-11,13,15-16,24,32-33H,12,14,17H2,(H2,29,30,31)/t24-/m0/s1. The van der Waals surface area contributed by atoms with Crippen LogP contribution in [0.15, 0.2) is 79.0 Å². The van der Waals surface area contributed by atoms with Gasteiger partial charge in [0.15, 0.2) is 0 Å². The van der Waals surface area contributed by atoms with E-state index < -0.39 is 13.2 Å². The maximum Gasteiger partial charge on any atom is 0.453 e. The van der Waals surface area contributed by atoms with Gasteiger partial charge in [-0.05, 0) is 41.3 Å². The molecule has 8 heteroatoms. The van der Waals surface area contributed by atoms with E-state index in [2.05, 4.69) is 21.7 Å². The monoisotopic (exact) mass is 440 g/mol. The quantitative estimate of drug-likeness (QED) is 0.301. The fourth-order valence-corrected chi connectivity index (χ4v) is 3.39. The highest BCUT2D eigenvalue weighted by molar-refractivity contribution is 6.41. The summed E-state index contributed by atoms with van der Waals surface area (Å²) >= 11 is 0. The van der Waals surface area contributed by atoms with Crippen LogP contribution in [0.3, 0.4) is 0 Å². The first-order chi connectivity index (χ1) is 16.0. The highest BCUT2D eigenvalue weighted by Crippen LogP contribution is 2.18. The summed E-state index contributed by atoms with van der Waals surface area (Å²) in [6.07, 6.45) is 4.02. The molecule has 2 amide bonds. The number of carbonyl (C=O) groups is 1. The number of allylic oxidation sites excluding steroid dienone is 1. The van der Waals surface area contributed by atoms with Gasteiger partial charge in [0.25, 0.3) is 0 Å². The lowest BCUT2D eigenvalue weighted by atomic mass is 9.79. The number of hydrogen-bond acceptors (Lipinski definition) is 5. The molecule has 0 saturated heterocycles. The first-order valence-corrected chi connectivity index (χ1v) is 10.6. The van der Waals surface area contributed by atoms with Gasteiger partial charge in [-0.25, -0.2) is 4.79 Å². The van der Waals surface area contributed by atoms with Gasteiger partial charge in [0, 0.05) is 19.1 Å². The number of nitrogens with one attached hydrogen (secondary N) is 2. The summed E-state index contributed by atoms with van der Waals surface area (Å²) in [5, 5.41) is 33.8. The fourth-order valence-electron chi connectivity index (χ4n) is 3.39. The minimum Gasteiger partial charge on any atom is -0.427 e. The summed E-state index contributed by atoms with van der Waals surface area (Å²) in [6.45, 7) is 0.396. The predicted octanol–water partition coefficient (Wildman–Crippen LogP) is 3.20. The molecule has 0 aliphatic carbocycles. The second kappa shape index (κ2) is 12.2. The van der Waals surface area contributed by atoms with Gasteiger partial charge in [0.1, 0.15) is 6.07 Å². The van der Waals surface area contributed by atoms with Crippen molar-refractivity contribution in [3.05, 3.63) is 101 Å². The van der Waals surface area contributed by atoms with Gasteiger partial charge in [0.2, 0.25) is 0 Å². The number of amides is 2. The third kappa shape index (κ3) is 7.61. The molecular formula is C25H25BN4O3. The van der Waals surface area contributed by atoms with E-state index in [1.54, 1.807) is 24.4 Å². The molecule has 0 saturated carbocycles. The van der Waals surface area contributed by atoms with Crippen LogP contribution in [0.1, 0.15) is 28.4 Å². The zero-order chi connectivity index (χ0) is 23.5. The van der Waals surface area contributed by atoms with Gasteiger partial charge in [-0.15, -0.1) is 0 Å². The van der Waals surface area contributed by atoms with Crippen LogP contribution in [0, 0.1) is 11.3 Å². The summed E-state index contributed by atoms with van der Waals surface area (Å²) in [6, 6.07) is 23.6. The molecule has 0 aliphatic rings. The fraction of sp³-hybridized carbons (Fsp3) is 0.160. The lowest BCUT2D eigenvalue weighted by Gasteiger charge is -2.19. The third-order valence-corrected chi connectivity index (χ3v) is 4.98. The van der Waals surface area contributed by atoms with Crippen molar-refractivity contribution in [2.75, 3.05) is 6.54 Å². The van der Waals surface area contributed by atoms with Crippen LogP contribution in [0.2, 0.25) is 6.32 Å². The Hall–Kier alpha value is -3.93. The van der Waals surface area contributed by atoms with Gasteiger partial charge in [0.05, 0.1) is 17.3 Å². The molecule has 0 radical (unpaired) electrons. The van der Waals surface area contributed by atoms with Crippen LogP contribution in [0.5, 0.6) is 0 Å². The molecule has 0 unspecified atom stereocenters. The second-order valence-corrected chi connectivity index (χ2v) is 7.46. The number of hydrogen-bond donors (Lipinski definition) is 4. The number of nitriles is 1. The zero-order valence-corrected chi connectivity index (χ0v) is 18.1. The second-order valence-electron chi connectivity index (χ2n) is 7.46. The van der Waals surface area contributed by atoms with Crippen molar-refractivity contribution in [1.29, 1.82) is 5.26 Å². The molecule has 166 valence electrons. The Morgan fingerprint density at radius 2 is 1.88 bits per heavy atom. The zero-order valence-electron chi connectivity index (χ0n) is 18.1. The van der Waals surface area contributed by atoms with Crippen molar-refractivity contribution < 1.29 is 14.8 Å². The Morgan fingerprint density at radius 1 is 1.09 bits per heavy atom. The molecule has 2 aromatic carbocycles. The number of rotatable bonds is 9. The number of nitrogens with zero attached hydrogens (tertiary/aromatic N) is 2. The first kappa shape index (κ1) is 23.7. The van der Waals surface area contributed by atoms with E-state index in [1.165, 1.54) is 0 Å². The molecule has 4 N–H and O–H groups in total. The van der Waals surface area contributed by atoms with Crippen LogP contribution in [0.25, 0.3) is 11.6 Å². The number of urea groups is 1. The lowest BCUT2D eigenvalue weighted by molar-refractivity contribution is 0.237. The van der Waals surface area contributed by atoms with Crippen LogP contribution in [-0.4, -0.2) is 34.7 Å². The molecule has 0 spiro atoms. The van der Waals surface area contributed by atoms with Crippen molar-refractivity contribution >= 4 is 24.8 Å². The highest BCUT2D eigenvalue weighted by atomic mass is 16.4. The van der Waals surface area contributed by atoms with E-state index in [0.29, 0.717) is 24.2 Å². The maximum atomic E-state index is 12.4. The Balaban J connectivity index is 1.57. The molecule has 0 fully saturated rings. The Bertz CT molecular complexity index is 1120. The van der Waals surface area contributed by atoms with E-state index in [4.69, 9.17) is 0 Å². The van der Waals surface area contributed by atoms with Crippen LogP contribution >= 0.6 is 0 Å². The van der Waals surface area contributed by atoms with Gasteiger partial charge >= 0.3 is 13.1 Å². The summed E-state index contributed by atoms with van der Waals surface area (Å²) in [5.41, 5.74) is 3.77. The van der Waals surface area contributed by atoms with Gasteiger partial charge < -0.3 is 20.7 Å². The molecule has 0 aliphatic heterocycles. The van der Waals surface area contributed by atoms with Crippen molar-refractivity contribution in [3.8, 4) is 6.07 Å². The topological polar surface area (TPSA) is 118 Å². The molecular weight excluding hydrogens is 415 g/mol. The number of aromatic nitrogens is 1. The predicted molar refractivity (Wildman–Crippen MR) is 129 cm³/mol. The van der Waals surface area contributed by atoms with E-state index in [9.17, 15) is 20.1 Å². The Labute approximate surface area is 193 Å². The van der Waals surface area contributed by atoms with Gasteiger partial charge in [-0.2, -0.15) is 5.26 Å². The minimum absolute atomic E-state index is 0.0106. The maximum absolute atomic E-state index is 12.4. The minimum atomic E-state index is -1.53. The molecule has 1 heterocycles. The average Bonchev–Trinajstić information content (AvgIpc) is 2.83. The van der Waals surface area contributed by atoms with Crippen molar-refractivity contribution in [2.24, 2.45) is 0 Å². The van der Waals surface area contributed by atoms with Crippen molar-refractivity contribution in [2.45, 2.75) is 18.8 Å². The average molecular weight is 440 g/mol. The summed E-state index contributed by atoms with van der Waals surface area (Å²) in [5.74, 6) is 0. The van der Waals surface area contributed by atoms with Crippen LogP contribution < -0.4 is 10.6 Å². The summed E-state index contributed by atoms with van der Waals surface area (Å²) in [7, 11) is -1.53. The van der Waals surface area contributed by atoms with E-state index in [-0.39, 0.29) is 12.4 Å². The third-order valence-electron chi connectivity index (χ3n) is 4.98. The normalized spacial score (nSPS) is 11.8. The van der Waals surface area contributed by atoms with Crippen molar-refractivity contribution in [3.63, 3.8) is 0 Å². The highest BCUT2D eigenvalue weighted by Gasteiger charge is 2.20. The van der Waals surface area contributed by atoms with Crippen LogP contribution in [-0.2, 0) is 6.42 Å². The first-order valence-electron chi connectivity index (χ1n) is 10.6. The molecule has 3 aromatic rings. The molecule has 7 nitrogen and oxygen atoms in total. The summed E-state index contributed by atoms with van der Waals surface area (Å²) < 4.78 is 0. The van der Waals surface area contributed by atoms with Gasteiger partial charge in [-0.3, -0.25) is 4.98 Å². The van der Waals surface area contributed by atoms with Gasteiger partial charge in [-0.1, -0.05) is 60.7 Å². The number of carbonyl (C=O) groups excluding carboxylic acids is 1.